The lowest BCUT2D eigenvalue weighted by Gasteiger charge is -2.61. The van der Waals surface area contributed by atoms with Crippen molar-refractivity contribution in [2.45, 2.75) is 63.5 Å². The largest absolute Gasteiger partial charge is 0.390 e. The zero-order valence-corrected chi connectivity index (χ0v) is 10.6. The van der Waals surface area contributed by atoms with Crippen LogP contribution >= 0.6 is 0 Å². The number of nitrogens with one attached hydrogen (secondary N) is 1. The van der Waals surface area contributed by atoms with E-state index in [1.807, 2.05) is 0 Å². The minimum absolute atomic E-state index is 0.280. The number of hydrogen-bond acceptors (Lipinski definition) is 2. The summed E-state index contributed by atoms with van der Waals surface area (Å²) in [5, 5.41) is 14.0. The number of hydrogen-bond donors (Lipinski definition) is 2. The van der Waals surface area contributed by atoms with Crippen LogP contribution in [0.4, 0.5) is 0 Å². The van der Waals surface area contributed by atoms with Crippen molar-refractivity contribution < 1.29 is 5.11 Å². The van der Waals surface area contributed by atoms with Gasteiger partial charge in [0.05, 0.1) is 5.60 Å². The molecule has 4 aliphatic rings. The first kappa shape index (κ1) is 11.0. The van der Waals surface area contributed by atoms with E-state index in [1.54, 1.807) is 0 Å². The fourth-order valence-corrected chi connectivity index (χ4v) is 5.39. The molecule has 0 radical (unpaired) electrons. The molecule has 0 aliphatic heterocycles. The lowest BCUT2D eigenvalue weighted by molar-refractivity contribution is -0.167. The van der Waals surface area contributed by atoms with Crippen LogP contribution in [0.3, 0.4) is 0 Å². The van der Waals surface area contributed by atoms with Crippen LogP contribution in [0.15, 0.2) is 0 Å². The first-order chi connectivity index (χ1) is 7.53. The van der Waals surface area contributed by atoms with E-state index in [9.17, 15) is 5.11 Å². The normalized spacial score (nSPS) is 51.9. The molecule has 4 bridgehead atoms. The Morgan fingerprint density at radius 1 is 1.25 bits per heavy atom. The maximum atomic E-state index is 10.6. The lowest BCUT2D eigenvalue weighted by atomic mass is 9.47. The predicted molar refractivity (Wildman–Crippen MR) is 65.2 cm³/mol. The first-order valence-corrected chi connectivity index (χ1v) is 6.92. The van der Waals surface area contributed by atoms with Crippen LogP contribution in [0, 0.1) is 17.3 Å². The zero-order valence-electron chi connectivity index (χ0n) is 10.6. The highest BCUT2D eigenvalue weighted by molar-refractivity contribution is 5.08. The van der Waals surface area contributed by atoms with E-state index in [1.165, 1.54) is 25.7 Å². The van der Waals surface area contributed by atoms with E-state index in [2.05, 4.69) is 19.3 Å². The SMILES string of the molecule is CN[C@@H](C)CC12C[C@@H]3C[C@@H](CC(O)(C3)C1)C2. The Bertz CT molecular complexity index is 274. The fourth-order valence-electron chi connectivity index (χ4n) is 5.39. The highest BCUT2D eigenvalue weighted by Crippen LogP contribution is 2.63. The molecule has 4 rings (SSSR count). The van der Waals surface area contributed by atoms with Gasteiger partial charge >= 0.3 is 0 Å². The molecule has 0 aromatic rings. The van der Waals surface area contributed by atoms with Gasteiger partial charge in [0.2, 0.25) is 0 Å². The third-order valence-corrected chi connectivity index (χ3v) is 5.38. The van der Waals surface area contributed by atoms with Crippen molar-refractivity contribution in [2.24, 2.45) is 17.3 Å². The van der Waals surface area contributed by atoms with Crippen LogP contribution in [0.2, 0.25) is 0 Å². The third kappa shape index (κ3) is 1.70. The molecular formula is C14H25NO. The Morgan fingerprint density at radius 2 is 1.88 bits per heavy atom. The highest BCUT2D eigenvalue weighted by Gasteiger charge is 2.56. The van der Waals surface area contributed by atoms with Crippen LogP contribution in [-0.2, 0) is 0 Å². The van der Waals surface area contributed by atoms with Crippen molar-refractivity contribution in [3.8, 4) is 0 Å². The van der Waals surface area contributed by atoms with Crippen LogP contribution < -0.4 is 5.32 Å². The predicted octanol–water partition coefficient (Wildman–Crippen LogP) is 2.32. The Labute approximate surface area is 98.8 Å². The molecule has 0 amide bonds. The Kier molecular flexibility index (Phi) is 2.38. The summed E-state index contributed by atoms with van der Waals surface area (Å²) in [5.74, 6) is 1.66. The van der Waals surface area contributed by atoms with E-state index < -0.39 is 0 Å². The van der Waals surface area contributed by atoms with Gasteiger partial charge in [0.25, 0.3) is 0 Å². The van der Waals surface area contributed by atoms with Crippen LogP contribution in [0.25, 0.3) is 0 Å². The second-order valence-corrected chi connectivity index (χ2v) is 7.08. The Balaban J connectivity index is 1.81. The monoisotopic (exact) mass is 223 g/mol. The van der Waals surface area contributed by atoms with Gasteiger partial charge in [0.15, 0.2) is 0 Å². The maximum absolute atomic E-state index is 10.6. The molecule has 2 nitrogen and oxygen atoms in total. The quantitative estimate of drug-likeness (QED) is 0.769. The van der Waals surface area contributed by atoms with Gasteiger partial charge in [0, 0.05) is 6.04 Å². The van der Waals surface area contributed by atoms with Gasteiger partial charge in [-0.15, -0.1) is 0 Å². The summed E-state index contributed by atoms with van der Waals surface area (Å²) in [6, 6.07) is 0.597. The Hall–Kier alpha value is -0.0800. The Morgan fingerprint density at radius 3 is 2.38 bits per heavy atom. The van der Waals surface area contributed by atoms with E-state index in [4.69, 9.17) is 0 Å². The van der Waals surface area contributed by atoms with E-state index in [-0.39, 0.29) is 5.60 Å². The molecule has 4 saturated carbocycles. The van der Waals surface area contributed by atoms with E-state index in [0.717, 1.165) is 31.1 Å². The minimum Gasteiger partial charge on any atom is -0.390 e. The highest BCUT2D eigenvalue weighted by atomic mass is 16.3. The summed E-state index contributed by atoms with van der Waals surface area (Å²) in [6.45, 7) is 2.28. The summed E-state index contributed by atoms with van der Waals surface area (Å²) >= 11 is 0. The summed E-state index contributed by atoms with van der Waals surface area (Å²) in [5.41, 5.74) is 0.193. The molecule has 0 heterocycles. The van der Waals surface area contributed by atoms with Crippen molar-refractivity contribution in [3.63, 3.8) is 0 Å². The van der Waals surface area contributed by atoms with E-state index >= 15 is 0 Å². The second-order valence-electron chi connectivity index (χ2n) is 7.08. The summed E-state index contributed by atoms with van der Waals surface area (Å²) < 4.78 is 0. The molecule has 0 aromatic carbocycles. The second kappa shape index (κ2) is 3.46. The van der Waals surface area contributed by atoms with Gasteiger partial charge in [-0.1, -0.05) is 0 Å². The lowest BCUT2D eigenvalue weighted by Crippen LogP contribution is -2.56. The molecule has 0 aromatic heterocycles. The fraction of sp³-hybridized carbons (Fsp3) is 1.00. The van der Waals surface area contributed by atoms with Crippen LogP contribution in [0.1, 0.15) is 51.9 Å². The summed E-state index contributed by atoms with van der Waals surface area (Å²) in [7, 11) is 2.06. The molecule has 92 valence electrons. The van der Waals surface area contributed by atoms with Gasteiger partial charge < -0.3 is 10.4 Å². The summed E-state index contributed by atoms with van der Waals surface area (Å²) in [6.07, 6.45) is 8.71. The molecule has 4 aliphatic carbocycles. The van der Waals surface area contributed by atoms with Gasteiger partial charge in [-0.25, -0.2) is 0 Å². The molecule has 2 N–H and O–H groups in total. The van der Waals surface area contributed by atoms with Crippen molar-refractivity contribution in [1.29, 1.82) is 0 Å². The average molecular weight is 223 g/mol. The third-order valence-electron chi connectivity index (χ3n) is 5.38. The topological polar surface area (TPSA) is 32.3 Å². The van der Waals surface area contributed by atoms with Gasteiger partial charge in [-0.05, 0) is 76.2 Å². The minimum atomic E-state index is -0.280. The van der Waals surface area contributed by atoms with Gasteiger partial charge in [-0.3, -0.25) is 0 Å². The smallest absolute Gasteiger partial charge is 0.0658 e. The molecule has 2 unspecified atom stereocenters. The zero-order chi connectivity index (χ0) is 11.4. The van der Waals surface area contributed by atoms with Gasteiger partial charge in [0.1, 0.15) is 0 Å². The molecule has 0 spiro atoms. The molecular weight excluding hydrogens is 198 g/mol. The van der Waals surface area contributed by atoms with Crippen molar-refractivity contribution in [3.05, 3.63) is 0 Å². The molecule has 2 heteroatoms. The standard InChI is InChI=1S/C14H25NO/c1-10(15-2)4-13-5-11-3-12(6-13)8-14(16,7-11)9-13/h10-12,15-16H,3-9H2,1-2H3/t10-,11-,12+,13?,14?/m0/s1. The van der Waals surface area contributed by atoms with Gasteiger partial charge in [-0.2, -0.15) is 0 Å². The molecule has 5 atom stereocenters. The van der Waals surface area contributed by atoms with Crippen molar-refractivity contribution >= 4 is 0 Å². The molecule has 0 saturated heterocycles. The molecule has 16 heavy (non-hydrogen) atoms. The van der Waals surface area contributed by atoms with Crippen LogP contribution in [0.5, 0.6) is 0 Å². The first-order valence-electron chi connectivity index (χ1n) is 6.92. The van der Waals surface area contributed by atoms with E-state index in [0.29, 0.717) is 11.5 Å². The van der Waals surface area contributed by atoms with Crippen molar-refractivity contribution in [2.75, 3.05) is 7.05 Å². The summed E-state index contributed by atoms with van der Waals surface area (Å²) in [4.78, 5) is 0. The molecule has 4 fully saturated rings. The number of aliphatic hydroxyl groups is 1. The maximum Gasteiger partial charge on any atom is 0.0658 e. The average Bonchev–Trinajstić information content (AvgIpc) is 2.12. The number of rotatable bonds is 3. The van der Waals surface area contributed by atoms with Crippen LogP contribution in [-0.4, -0.2) is 23.8 Å². The van der Waals surface area contributed by atoms with Crippen molar-refractivity contribution in [1.82, 2.24) is 5.32 Å².